The van der Waals surface area contributed by atoms with E-state index in [2.05, 4.69) is 11.6 Å². The highest BCUT2D eigenvalue weighted by molar-refractivity contribution is 6.46. The van der Waals surface area contributed by atoms with Gasteiger partial charge in [-0.2, -0.15) is 13.2 Å². The highest BCUT2D eigenvalue weighted by Gasteiger charge is 2.47. The number of nitrogens with two attached hydrogens (primary N) is 1. The summed E-state index contributed by atoms with van der Waals surface area (Å²) in [5, 5.41) is 0. The quantitative estimate of drug-likeness (QED) is 0.383. The first-order valence-corrected chi connectivity index (χ1v) is 9.27. The molecule has 164 valence electrons. The molecule has 7 nitrogen and oxygen atoms in total. The minimum atomic E-state index is -4.61. The van der Waals surface area contributed by atoms with Crippen LogP contribution in [0.5, 0.6) is 0 Å². The van der Waals surface area contributed by atoms with Crippen molar-refractivity contribution >= 4 is 18.0 Å². The number of ether oxygens (including phenoxy) is 1. The molecule has 0 radical (unpaired) electrons. The number of rotatable bonds is 7. The maximum atomic E-state index is 13.2. The zero-order valence-corrected chi connectivity index (χ0v) is 16.9. The summed E-state index contributed by atoms with van der Waals surface area (Å²) in [4.78, 5) is 30.6. The number of nitrogens with zero attached hydrogens (tertiary/aromatic N) is 3. The maximum Gasteiger partial charge on any atom is 0.409 e. The van der Waals surface area contributed by atoms with E-state index in [1.54, 1.807) is 17.1 Å². The first-order chi connectivity index (χ1) is 14.1. The number of hydrogen-bond acceptors (Lipinski definition) is 5. The van der Waals surface area contributed by atoms with Crippen molar-refractivity contribution in [3.63, 3.8) is 0 Å². The Morgan fingerprint density at radius 3 is 2.67 bits per heavy atom. The fraction of sp³-hybridized carbons (Fsp3) is 0.450. The van der Waals surface area contributed by atoms with Crippen LogP contribution < -0.4 is 5.73 Å². The number of aliphatic imine (C=N–C) groups is 1. The summed E-state index contributed by atoms with van der Waals surface area (Å²) in [6.07, 6.45) is 0.184. The van der Waals surface area contributed by atoms with Gasteiger partial charge in [0.15, 0.2) is 0 Å². The van der Waals surface area contributed by atoms with Crippen molar-refractivity contribution in [2.24, 2.45) is 10.7 Å². The molecule has 0 saturated carbocycles. The largest absolute Gasteiger partial charge is 0.497 e. The zero-order chi connectivity index (χ0) is 22.5. The van der Waals surface area contributed by atoms with Gasteiger partial charge in [0.1, 0.15) is 17.5 Å². The van der Waals surface area contributed by atoms with Gasteiger partial charge in [0.25, 0.3) is 5.91 Å². The Bertz CT molecular complexity index is 828. The minimum absolute atomic E-state index is 0.00644. The number of allylic oxidation sites excluding steroid dienone is 2. The first-order valence-electron chi connectivity index (χ1n) is 9.27. The van der Waals surface area contributed by atoms with E-state index in [1.165, 1.54) is 7.11 Å². The lowest BCUT2D eigenvalue weighted by Gasteiger charge is -2.37. The topological polar surface area (TPSA) is 88.2 Å². The molecule has 0 aromatic carbocycles. The average Bonchev–Trinajstić information content (AvgIpc) is 2.71. The van der Waals surface area contributed by atoms with Crippen molar-refractivity contribution < 1.29 is 27.5 Å². The fourth-order valence-electron chi connectivity index (χ4n) is 3.19. The van der Waals surface area contributed by atoms with Gasteiger partial charge in [0.2, 0.25) is 6.41 Å². The number of carbonyl (C=O) groups is 2. The molecular weight excluding hydrogens is 401 g/mol. The van der Waals surface area contributed by atoms with Crippen LogP contribution in [0.3, 0.4) is 0 Å². The summed E-state index contributed by atoms with van der Waals surface area (Å²) in [5.41, 5.74) is 6.80. The van der Waals surface area contributed by atoms with Gasteiger partial charge in [-0.05, 0) is 18.6 Å². The second-order valence-electron chi connectivity index (χ2n) is 6.87. The van der Waals surface area contributed by atoms with Crippen molar-refractivity contribution in [1.29, 1.82) is 0 Å². The second kappa shape index (κ2) is 9.64. The standard InChI is InChI=1S/C20H25F3N4O3/c1-4-14(6-5-13(2)30-3)10-26-8-7-25-18(19(26)29)15-11-27(12-28)17(9-16(15)24)20(21,22)23/h4-6,12,17H,2,7-11,24H2,1,3H3/b6-5-,14-4+. The van der Waals surface area contributed by atoms with Gasteiger partial charge in [0.05, 0.1) is 20.2 Å². The van der Waals surface area contributed by atoms with E-state index in [1.807, 2.05) is 13.0 Å². The molecule has 2 aliphatic rings. The summed E-state index contributed by atoms with van der Waals surface area (Å²) in [7, 11) is 1.49. The molecule has 1 atom stereocenters. The normalized spacial score (nSPS) is 21.2. The molecule has 10 heteroatoms. The van der Waals surface area contributed by atoms with Crippen LogP contribution in [0.1, 0.15) is 13.3 Å². The predicted molar refractivity (Wildman–Crippen MR) is 106 cm³/mol. The first kappa shape index (κ1) is 23.2. The van der Waals surface area contributed by atoms with Crippen molar-refractivity contribution in [2.45, 2.75) is 25.6 Å². The van der Waals surface area contributed by atoms with Gasteiger partial charge in [-0.1, -0.05) is 18.7 Å². The van der Waals surface area contributed by atoms with Crippen LogP contribution in [0, 0.1) is 0 Å². The van der Waals surface area contributed by atoms with Gasteiger partial charge in [-0.15, -0.1) is 0 Å². The SMILES string of the molecule is C=C(/C=C\C(=C/C)CN1CCN=C(C2=C(N)CC(C(F)(F)F)N(C=O)C2)C1=O)OC. The number of hydrogen-bond donors (Lipinski definition) is 1. The zero-order valence-electron chi connectivity index (χ0n) is 16.9. The molecule has 0 fully saturated rings. The lowest BCUT2D eigenvalue weighted by Crippen LogP contribution is -2.52. The van der Waals surface area contributed by atoms with Gasteiger partial charge in [0, 0.05) is 30.8 Å². The van der Waals surface area contributed by atoms with Crippen LogP contribution in [0.2, 0.25) is 0 Å². The summed E-state index contributed by atoms with van der Waals surface area (Å²) in [6, 6.07) is -2.01. The molecule has 2 heterocycles. The van der Waals surface area contributed by atoms with E-state index < -0.39 is 31.1 Å². The number of alkyl halides is 3. The highest BCUT2D eigenvalue weighted by atomic mass is 19.4. The van der Waals surface area contributed by atoms with E-state index in [0.29, 0.717) is 17.2 Å². The van der Waals surface area contributed by atoms with Crippen LogP contribution in [-0.4, -0.2) is 73.3 Å². The lowest BCUT2D eigenvalue weighted by atomic mass is 9.95. The Hall–Kier alpha value is -3.04. The predicted octanol–water partition coefficient (Wildman–Crippen LogP) is 1.94. The van der Waals surface area contributed by atoms with E-state index in [-0.39, 0.29) is 36.5 Å². The molecule has 0 spiro atoms. The molecule has 2 rings (SSSR count). The monoisotopic (exact) mass is 426 g/mol. The van der Waals surface area contributed by atoms with Crippen LogP contribution in [-0.2, 0) is 14.3 Å². The summed E-state index contributed by atoms with van der Waals surface area (Å²) < 4.78 is 44.5. The van der Waals surface area contributed by atoms with Crippen LogP contribution in [0.15, 0.2) is 52.4 Å². The van der Waals surface area contributed by atoms with Crippen LogP contribution in [0.25, 0.3) is 0 Å². The smallest absolute Gasteiger partial charge is 0.409 e. The molecule has 0 saturated heterocycles. The number of carbonyl (C=O) groups excluding carboxylic acids is 2. The average molecular weight is 426 g/mol. The third kappa shape index (κ3) is 5.31. The van der Waals surface area contributed by atoms with Crippen molar-refractivity contribution in [3.8, 4) is 0 Å². The lowest BCUT2D eigenvalue weighted by molar-refractivity contribution is -0.185. The summed E-state index contributed by atoms with van der Waals surface area (Å²) in [6.45, 7) is 6.01. The van der Waals surface area contributed by atoms with E-state index in [4.69, 9.17) is 10.5 Å². The molecular formula is C20H25F3N4O3. The Balaban J connectivity index is 2.22. The van der Waals surface area contributed by atoms with Crippen molar-refractivity contribution in [1.82, 2.24) is 9.80 Å². The van der Waals surface area contributed by atoms with Crippen molar-refractivity contribution in [2.75, 3.05) is 33.3 Å². The van der Waals surface area contributed by atoms with E-state index in [9.17, 15) is 22.8 Å². The van der Waals surface area contributed by atoms with E-state index in [0.717, 1.165) is 5.57 Å². The second-order valence-corrected chi connectivity index (χ2v) is 6.87. The third-order valence-electron chi connectivity index (χ3n) is 4.96. The molecule has 0 bridgehead atoms. The number of methoxy groups -OCH3 is 1. The molecule has 0 aliphatic carbocycles. The molecule has 2 amide bonds. The van der Waals surface area contributed by atoms with Crippen molar-refractivity contribution in [3.05, 3.63) is 47.4 Å². The Morgan fingerprint density at radius 2 is 2.10 bits per heavy atom. The fourth-order valence-corrected chi connectivity index (χ4v) is 3.19. The van der Waals surface area contributed by atoms with Gasteiger partial charge in [-0.25, -0.2) is 0 Å². The Morgan fingerprint density at radius 1 is 1.40 bits per heavy atom. The molecule has 0 aromatic heterocycles. The molecule has 2 N–H and O–H groups in total. The molecule has 0 aromatic rings. The van der Waals surface area contributed by atoms with Crippen LogP contribution in [0.4, 0.5) is 13.2 Å². The highest BCUT2D eigenvalue weighted by Crippen LogP contribution is 2.33. The molecule has 2 aliphatic heterocycles. The maximum absolute atomic E-state index is 13.2. The Kier molecular flexibility index (Phi) is 7.47. The number of amides is 2. The van der Waals surface area contributed by atoms with Gasteiger partial charge < -0.3 is 20.3 Å². The molecule has 30 heavy (non-hydrogen) atoms. The molecule has 1 unspecified atom stereocenters. The van der Waals surface area contributed by atoms with Gasteiger partial charge >= 0.3 is 6.18 Å². The number of halogens is 3. The minimum Gasteiger partial charge on any atom is -0.497 e. The summed E-state index contributed by atoms with van der Waals surface area (Å²) in [5.74, 6) is 0.0173. The third-order valence-corrected chi connectivity index (χ3v) is 4.96. The van der Waals surface area contributed by atoms with Crippen LogP contribution >= 0.6 is 0 Å². The Labute approximate surface area is 173 Å². The van der Waals surface area contributed by atoms with E-state index >= 15 is 0 Å². The van der Waals surface area contributed by atoms with Gasteiger partial charge in [-0.3, -0.25) is 14.6 Å². The summed E-state index contributed by atoms with van der Waals surface area (Å²) >= 11 is 0.